The SMILES string of the molecule is CCNC(=NCc1ccc(COC)cc1)N1CCSC(CC)C1.I. The van der Waals surface area contributed by atoms with Gasteiger partial charge in [0, 0.05) is 37.7 Å². The number of hydrogen-bond acceptors (Lipinski definition) is 3. The summed E-state index contributed by atoms with van der Waals surface area (Å²) < 4.78 is 5.15. The Morgan fingerprint density at radius 3 is 2.62 bits per heavy atom. The highest BCUT2D eigenvalue weighted by Crippen LogP contribution is 2.21. The van der Waals surface area contributed by atoms with Gasteiger partial charge < -0.3 is 15.0 Å². The molecule has 0 amide bonds. The van der Waals surface area contributed by atoms with Crippen LogP contribution in [0.4, 0.5) is 0 Å². The lowest BCUT2D eigenvalue weighted by Crippen LogP contribution is -2.48. The van der Waals surface area contributed by atoms with Crippen LogP contribution in [0.2, 0.25) is 0 Å². The van der Waals surface area contributed by atoms with Gasteiger partial charge in [0.15, 0.2) is 5.96 Å². The highest BCUT2D eigenvalue weighted by atomic mass is 127. The number of ether oxygens (including phenoxy) is 1. The van der Waals surface area contributed by atoms with E-state index < -0.39 is 0 Å². The zero-order chi connectivity index (χ0) is 16.5. The minimum atomic E-state index is 0. The maximum Gasteiger partial charge on any atom is 0.194 e. The van der Waals surface area contributed by atoms with Gasteiger partial charge in [-0.3, -0.25) is 0 Å². The fourth-order valence-corrected chi connectivity index (χ4v) is 3.84. The molecule has 136 valence electrons. The Labute approximate surface area is 167 Å². The quantitative estimate of drug-likeness (QED) is 0.396. The number of guanidine groups is 1. The Hall–Kier alpha value is -0.470. The minimum Gasteiger partial charge on any atom is -0.380 e. The van der Waals surface area contributed by atoms with Crippen LogP contribution < -0.4 is 5.32 Å². The first-order chi connectivity index (χ1) is 11.3. The molecule has 1 aromatic rings. The van der Waals surface area contributed by atoms with Crippen LogP contribution in [-0.4, -0.2) is 48.6 Å². The topological polar surface area (TPSA) is 36.9 Å². The van der Waals surface area contributed by atoms with E-state index in [4.69, 9.17) is 9.73 Å². The lowest BCUT2D eigenvalue weighted by Gasteiger charge is -2.34. The fourth-order valence-electron chi connectivity index (χ4n) is 2.66. The Kier molecular flexibility index (Phi) is 10.8. The largest absolute Gasteiger partial charge is 0.380 e. The van der Waals surface area contributed by atoms with Crippen molar-refractivity contribution in [1.29, 1.82) is 0 Å². The van der Waals surface area contributed by atoms with E-state index in [-0.39, 0.29) is 24.0 Å². The Balaban J connectivity index is 0.00000288. The van der Waals surface area contributed by atoms with Gasteiger partial charge in [0.25, 0.3) is 0 Å². The van der Waals surface area contributed by atoms with E-state index in [9.17, 15) is 0 Å². The number of halogens is 1. The maximum atomic E-state index is 5.15. The number of nitrogens with zero attached hydrogens (tertiary/aromatic N) is 2. The molecule has 24 heavy (non-hydrogen) atoms. The van der Waals surface area contributed by atoms with Gasteiger partial charge in [-0.1, -0.05) is 31.2 Å². The molecule has 1 aliphatic rings. The second-order valence-corrected chi connectivity index (χ2v) is 7.17. The van der Waals surface area contributed by atoms with Crippen LogP contribution >= 0.6 is 35.7 Å². The summed E-state index contributed by atoms with van der Waals surface area (Å²) in [6, 6.07) is 8.52. The van der Waals surface area contributed by atoms with Crippen LogP contribution in [0.1, 0.15) is 31.4 Å². The van der Waals surface area contributed by atoms with Gasteiger partial charge in [0.2, 0.25) is 0 Å². The summed E-state index contributed by atoms with van der Waals surface area (Å²) >= 11 is 2.09. The van der Waals surface area contributed by atoms with Gasteiger partial charge in [-0.2, -0.15) is 11.8 Å². The highest BCUT2D eigenvalue weighted by Gasteiger charge is 2.21. The monoisotopic (exact) mass is 463 g/mol. The van der Waals surface area contributed by atoms with Gasteiger partial charge in [0.05, 0.1) is 13.2 Å². The predicted molar refractivity (Wildman–Crippen MR) is 115 cm³/mol. The van der Waals surface area contributed by atoms with Crippen LogP contribution in [0.3, 0.4) is 0 Å². The summed E-state index contributed by atoms with van der Waals surface area (Å²) in [4.78, 5) is 7.25. The minimum absolute atomic E-state index is 0. The van der Waals surface area contributed by atoms with E-state index in [1.807, 2.05) is 0 Å². The maximum absolute atomic E-state index is 5.15. The van der Waals surface area contributed by atoms with Crippen molar-refractivity contribution in [2.45, 2.75) is 38.7 Å². The molecule has 0 aliphatic carbocycles. The van der Waals surface area contributed by atoms with Crippen molar-refractivity contribution < 1.29 is 4.74 Å². The van der Waals surface area contributed by atoms with Crippen molar-refractivity contribution in [3.63, 3.8) is 0 Å². The molecule has 1 unspecified atom stereocenters. The van der Waals surface area contributed by atoms with Crippen molar-refractivity contribution >= 4 is 41.7 Å². The van der Waals surface area contributed by atoms with E-state index >= 15 is 0 Å². The second-order valence-electron chi connectivity index (χ2n) is 5.77. The van der Waals surface area contributed by atoms with Gasteiger partial charge in [-0.15, -0.1) is 24.0 Å². The first kappa shape index (κ1) is 21.6. The molecule has 0 bridgehead atoms. The average Bonchev–Trinajstić information content (AvgIpc) is 2.60. The zero-order valence-corrected chi connectivity index (χ0v) is 18.1. The van der Waals surface area contributed by atoms with Crippen LogP contribution in [0.25, 0.3) is 0 Å². The summed E-state index contributed by atoms with van der Waals surface area (Å²) in [6.45, 7) is 8.87. The lowest BCUT2D eigenvalue weighted by atomic mass is 10.1. The van der Waals surface area contributed by atoms with Crippen LogP contribution in [-0.2, 0) is 17.9 Å². The molecular weight excluding hydrogens is 433 g/mol. The molecule has 4 nitrogen and oxygen atoms in total. The molecule has 1 saturated heterocycles. The number of thioether (sulfide) groups is 1. The van der Waals surface area contributed by atoms with Crippen LogP contribution in [0, 0.1) is 0 Å². The third-order valence-electron chi connectivity index (χ3n) is 3.97. The third kappa shape index (κ3) is 6.80. The molecule has 1 N–H and O–H groups in total. The molecule has 1 fully saturated rings. The predicted octanol–water partition coefficient (Wildman–Crippen LogP) is 3.74. The first-order valence-electron chi connectivity index (χ1n) is 8.48. The molecular formula is C18H30IN3OS. The molecule has 0 aromatic heterocycles. The fraction of sp³-hybridized carbons (Fsp3) is 0.611. The van der Waals surface area contributed by atoms with Gasteiger partial charge in [-0.05, 0) is 24.5 Å². The normalized spacial score (nSPS) is 18.2. The van der Waals surface area contributed by atoms with Gasteiger partial charge in [-0.25, -0.2) is 4.99 Å². The Bertz CT molecular complexity index is 496. The van der Waals surface area contributed by atoms with Crippen molar-refractivity contribution in [2.75, 3.05) is 32.5 Å². The van der Waals surface area contributed by atoms with E-state index in [2.05, 4.69) is 60.1 Å². The molecule has 6 heteroatoms. The van der Waals surface area contributed by atoms with E-state index in [1.54, 1.807) is 7.11 Å². The second kappa shape index (κ2) is 12.0. The number of aliphatic imine (C=N–C) groups is 1. The van der Waals surface area contributed by atoms with Gasteiger partial charge >= 0.3 is 0 Å². The summed E-state index contributed by atoms with van der Waals surface area (Å²) in [6.07, 6.45) is 1.22. The summed E-state index contributed by atoms with van der Waals surface area (Å²) in [5.74, 6) is 2.24. The summed E-state index contributed by atoms with van der Waals surface area (Å²) in [7, 11) is 1.72. The van der Waals surface area contributed by atoms with E-state index in [0.29, 0.717) is 6.61 Å². The molecule has 1 aromatic carbocycles. The zero-order valence-electron chi connectivity index (χ0n) is 15.0. The Morgan fingerprint density at radius 1 is 1.29 bits per heavy atom. The van der Waals surface area contributed by atoms with Crippen molar-refractivity contribution in [3.8, 4) is 0 Å². The Morgan fingerprint density at radius 2 is 2.00 bits per heavy atom. The lowest BCUT2D eigenvalue weighted by molar-refractivity contribution is 0.185. The summed E-state index contributed by atoms with van der Waals surface area (Å²) in [5, 5.41) is 4.17. The smallest absolute Gasteiger partial charge is 0.194 e. The number of benzene rings is 1. The number of methoxy groups -OCH3 is 1. The molecule has 0 radical (unpaired) electrons. The van der Waals surface area contributed by atoms with Crippen LogP contribution in [0.5, 0.6) is 0 Å². The number of rotatable bonds is 6. The number of hydrogen-bond donors (Lipinski definition) is 1. The van der Waals surface area contributed by atoms with Crippen molar-refractivity contribution in [2.24, 2.45) is 4.99 Å². The van der Waals surface area contributed by atoms with Crippen LogP contribution in [0.15, 0.2) is 29.3 Å². The molecule has 2 rings (SSSR count). The number of nitrogens with one attached hydrogen (secondary N) is 1. The van der Waals surface area contributed by atoms with Crippen molar-refractivity contribution in [3.05, 3.63) is 35.4 Å². The standard InChI is InChI=1S/C18H29N3OS.HI/c1-4-17-13-21(10-11-23-17)18(19-5-2)20-12-15-6-8-16(9-7-15)14-22-3;/h6-9,17H,4-5,10-14H2,1-3H3,(H,19,20);1H. The molecule has 0 saturated carbocycles. The highest BCUT2D eigenvalue weighted by molar-refractivity contribution is 14.0. The van der Waals surface area contributed by atoms with E-state index in [1.165, 1.54) is 23.3 Å². The summed E-state index contributed by atoms with van der Waals surface area (Å²) in [5.41, 5.74) is 2.43. The molecule has 0 spiro atoms. The molecule has 1 aliphatic heterocycles. The third-order valence-corrected chi connectivity index (χ3v) is 5.35. The van der Waals surface area contributed by atoms with E-state index in [0.717, 1.165) is 37.4 Å². The molecule has 1 atom stereocenters. The average molecular weight is 463 g/mol. The van der Waals surface area contributed by atoms with Gasteiger partial charge in [0.1, 0.15) is 0 Å². The molecule has 1 heterocycles. The first-order valence-corrected chi connectivity index (χ1v) is 9.53. The van der Waals surface area contributed by atoms with Crippen molar-refractivity contribution in [1.82, 2.24) is 10.2 Å².